The van der Waals surface area contributed by atoms with Crippen molar-refractivity contribution in [2.24, 2.45) is 11.7 Å². The van der Waals surface area contributed by atoms with E-state index in [9.17, 15) is 9.59 Å². The number of hydrogen-bond acceptors (Lipinski definition) is 4. The predicted molar refractivity (Wildman–Crippen MR) is 77.5 cm³/mol. The Hall–Kier alpha value is -2.08. The number of rotatable bonds is 7. The molecule has 0 spiro atoms. The van der Waals surface area contributed by atoms with Crippen LogP contribution in [0.4, 0.5) is 5.69 Å². The van der Waals surface area contributed by atoms with E-state index in [2.05, 4.69) is 10.6 Å². The molecule has 6 nitrogen and oxygen atoms in total. The Bertz CT molecular complexity index is 463. The van der Waals surface area contributed by atoms with Crippen molar-refractivity contribution in [3.63, 3.8) is 0 Å². The summed E-state index contributed by atoms with van der Waals surface area (Å²) in [5, 5.41) is 5.41. The van der Waals surface area contributed by atoms with Crippen LogP contribution >= 0.6 is 0 Å². The summed E-state index contributed by atoms with van der Waals surface area (Å²) in [5.74, 6) is 0.226. The average molecular weight is 279 g/mol. The second kappa shape index (κ2) is 8.16. The number of anilines is 1. The van der Waals surface area contributed by atoms with E-state index < -0.39 is 0 Å². The van der Waals surface area contributed by atoms with Gasteiger partial charge in [0.05, 0.1) is 6.54 Å². The summed E-state index contributed by atoms with van der Waals surface area (Å²) in [6.45, 7) is 4.31. The maximum Gasteiger partial charge on any atom is 0.224 e. The molecule has 0 radical (unpaired) electrons. The Kier molecular flexibility index (Phi) is 6.52. The highest BCUT2D eigenvalue weighted by Gasteiger charge is 2.09. The van der Waals surface area contributed by atoms with Gasteiger partial charge in [-0.1, -0.05) is 13.0 Å². The number of amides is 2. The zero-order valence-corrected chi connectivity index (χ0v) is 11.8. The van der Waals surface area contributed by atoms with Crippen molar-refractivity contribution in [2.75, 3.05) is 25.0 Å². The minimum absolute atomic E-state index is 0.0805. The molecular weight excluding hydrogens is 258 g/mol. The van der Waals surface area contributed by atoms with Gasteiger partial charge in [0.1, 0.15) is 12.4 Å². The van der Waals surface area contributed by atoms with Gasteiger partial charge in [0, 0.05) is 31.1 Å². The van der Waals surface area contributed by atoms with Gasteiger partial charge in [0.2, 0.25) is 11.8 Å². The molecule has 1 rings (SSSR count). The second-order valence-corrected chi connectivity index (χ2v) is 4.49. The molecule has 0 saturated heterocycles. The maximum absolute atomic E-state index is 11.5. The van der Waals surface area contributed by atoms with Crippen molar-refractivity contribution < 1.29 is 14.3 Å². The summed E-state index contributed by atoms with van der Waals surface area (Å²) in [6, 6.07) is 7.08. The minimum atomic E-state index is -0.196. The highest BCUT2D eigenvalue weighted by molar-refractivity contribution is 5.88. The molecule has 2 amide bonds. The zero-order chi connectivity index (χ0) is 15.0. The lowest BCUT2D eigenvalue weighted by molar-refractivity contribution is -0.124. The summed E-state index contributed by atoms with van der Waals surface area (Å²) < 4.78 is 5.49. The van der Waals surface area contributed by atoms with Crippen molar-refractivity contribution in [1.29, 1.82) is 0 Å². The van der Waals surface area contributed by atoms with Crippen LogP contribution in [0, 0.1) is 5.92 Å². The second-order valence-electron chi connectivity index (χ2n) is 4.49. The molecule has 0 aliphatic rings. The molecule has 0 bridgehead atoms. The summed E-state index contributed by atoms with van der Waals surface area (Å²) >= 11 is 0. The Morgan fingerprint density at radius 3 is 2.80 bits per heavy atom. The largest absolute Gasteiger partial charge is 0.492 e. The smallest absolute Gasteiger partial charge is 0.224 e. The highest BCUT2D eigenvalue weighted by atomic mass is 16.5. The lowest BCUT2D eigenvalue weighted by atomic mass is 10.2. The Balaban J connectivity index is 2.35. The number of hydrogen-bond donors (Lipinski definition) is 3. The molecule has 0 aliphatic carbocycles. The van der Waals surface area contributed by atoms with Gasteiger partial charge in [-0.05, 0) is 12.1 Å². The number of ether oxygens (including phenoxy) is 1. The molecule has 1 unspecified atom stereocenters. The van der Waals surface area contributed by atoms with Crippen molar-refractivity contribution >= 4 is 17.5 Å². The third kappa shape index (κ3) is 5.71. The van der Waals surface area contributed by atoms with Crippen LogP contribution in [-0.4, -0.2) is 31.5 Å². The molecular formula is C14H21N3O3. The molecule has 0 aliphatic heterocycles. The molecule has 1 aromatic rings. The van der Waals surface area contributed by atoms with Crippen LogP contribution in [0.5, 0.6) is 5.75 Å². The van der Waals surface area contributed by atoms with E-state index in [0.29, 0.717) is 31.1 Å². The number of carbonyl (C=O) groups excluding carboxylic acids is 2. The van der Waals surface area contributed by atoms with Crippen LogP contribution in [0.15, 0.2) is 24.3 Å². The first kappa shape index (κ1) is 16.0. The van der Waals surface area contributed by atoms with Gasteiger partial charge in [0.15, 0.2) is 0 Å². The number of carbonyl (C=O) groups is 2. The Morgan fingerprint density at radius 1 is 1.40 bits per heavy atom. The van der Waals surface area contributed by atoms with E-state index in [4.69, 9.17) is 10.5 Å². The van der Waals surface area contributed by atoms with E-state index in [-0.39, 0.29) is 17.7 Å². The Morgan fingerprint density at radius 2 is 2.15 bits per heavy atom. The molecule has 1 atom stereocenters. The third-order valence-electron chi connectivity index (χ3n) is 2.63. The third-order valence-corrected chi connectivity index (χ3v) is 2.63. The standard InChI is InChI=1S/C14H21N3O3/c1-10(9-15)14(19)16-6-7-20-13-5-3-4-12(8-13)17-11(2)18/h3-5,8,10H,6-7,9,15H2,1-2H3,(H,16,19)(H,17,18). The van der Waals surface area contributed by atoms with Gasteiger partial charge < -0.3 is 21.1 Å². The van der Waals surface area contributed by atoms with Gasteiger partial charge >= 0.3 is 0 Å². The summed E-state index contributed by atoms with van der Waals surface area (Å²) in [6.07, 6.45) is 0. The normalized spacial score (nSPS) is 11.6. The highest BCUT2D eigenvalue weighted by Crippen LogP contribution is 2.16. The summed E-state index contributed by atoms with van der Waals surface area (Å²) in [4.78, 5) is 22.4. The van der Waals surface area contributed by atoms with E-state index in [0.717, 1.165) is 0 Å². The predicted octanol–water partition coefficient (Wildman–Crippen LogP) is 0.735. The fourth-order valence-electron chi connectivity index (χ4n) is 1.49. The molecule has 4 N–H and O–H groups in total. The lowest BCUT2D eigenvalue weighted by Crippen LogP contribution is -2.35. The van der Waals surface area contributed by atoms with E-state index in [1.165, 1.54) is 6.92 Å². The zero-order valence-electron chi connectivity index (χ0n) is 11.8. The fourth-order valence-corrected chi connectivity index (χ4v) is 1.49. The van der Waals surface area contributed by atoms with Crippen LogP contribution in [0.1, 0.15) is 13.8 Å². The molecule has 0 aromatic heterocycles. The topological polar surface area (TPSA) is 93.5 Å². The number of nitrogens with one attached hydrogen (secondary N) is 2. The molecule has 110 valence electrons. The maximum atomic E-state index is 11.5. The quantitative estimate of drug-likeness (QED) is 0.642. The molecule has 0 saturated carbocycles. The van der Waals surface area contributed by atoms with Crippen molar-refractivity contribution in [1.82, 2.24) is 5.32 Å². The van der Waals surface area contributed by atoms with Gasteiger partial charge in [-0.25, -0.2) is 0 Å². The summed E-state index contributed by atoms with van der Waals surface area (Å²) in [5.41, 5.74) is 6.07. The van der Waals surface area contributed by atoms with Crippen molar-refractivity contribution in [2.45, 2.75) is 13.8 Å². The number of benzene rings is 1. The minimum Gasteiger partial charge on any atom is -0.492 e. The van der Waals surface area contributed by atoms with Gasteiger partial charge in [-0.2, -0.15) is 0 Å². The van der Waals surface area contributed by atoms with E-state index >= 15 is 0 Å². The van der Waals surface area contributed by atoms with Gasteiger partial charge in [-0.15, -0.1) is 0 Å². The fraction of sp³-hybridized carbons (Fsp3) is 0.429. The van der Waals surface area contributed by atoms with E-state index in [1.54, 1.807) is 31.2 Å². The molecule has 1 aromatic carbocycles. The van der Waals surface area contributed by atoms with Crippen molar-refractivity contribution in [3.8, 4) is 5.75 Å². The average Bonchev–Trinajstić information content (AvgIpc) is 2.42. The molecule has 0 heterocycles. The SMILES string of the molecule is CC(=O)Nc1cccc(OCCNC(=O)C(C)CN)c1. The molecule has 20 heavy (non-hydrogen) atoms. The molecule has 6 heteroatoms. The van der Waals surface area contributed by atoms with Gasteiger partial charge in [0.25, 0.3) is 0 Å². The van der Waals surface area contributed by atoms with Crippen LogP contribution in [0.2, 0.25) is 0 Å². The molecule has 0 fully saturated rings. The van der Waals surface area contributed by atoms with Gasteiger partial charge in [-0.3, -0.25) is 9.59 Å². The van der Waals surface area contributed by atoms with E-state index in [1.807, 2.05) is 0 Å². The number of nitrogens with two attached hydrogens (primary N) is 1. The monoisotopic (exact) mass is 279 g/mol. The summed E-state index contributed by atoms with van der Waals surface area (Å²) in [7, 11) is 0. The van der Waals surface area contributed by atoms with Crippen LogP contribution in [0.25, 0.3) is 0 Å². The lowest BCUT2D eigenvalue weighted by Gasteiger charge is -2.11. The van der Waals surface area contributed by atoms with Crippen LogP contribution < -0.4 is 21.1 Å². The van der Waals surface area contributed by atoms with Crippen molar-refractivity contribution in [3.05, 3.63) is 24.3 Å². The Labute approximate surface area is 118 Å². The first-order chi connectivity index (χ1) is 9.52. The first-order valence-electron chi connectivity index (χ1n) is 6.51. The first-order valence-corrected chi connectivity index (χ1v) is 6.51. The van der Waals surface area contributed by atoms with Crippen LogP contribution in [0.3, 0.4) is 0 Å². The van der Waals surface area contributed by atoms with Crippen LogP contribution in [-0.2, 0) is 9.59 Å².